The topological polar surface area (TPSA) is 28.7 Å². The van der Waals surface area contributed by atoms with E-state index in [1.807, 2.05) is 41.7 Å². The third kappa shape index (κ3) is 3.23. The highest BCUT2D eigenvalue weighted by Gasteiger charge is 2.16. The monoisotopic (exact) mass is 436 g/mol. The van der Waals surface area contributed by atoms with E-state index in [0.717, 1.165) is 33.9 Å². The number of thiophene rings is 1. The Morgan fingerprint density at radius 2 is 1.42 bits per heavy atom. The summed E-state index contributed by atoms with van der Waals surface area (Å²) in [6.07, 6.45) is 0. The molecule has 0 aliphatic rings. The summed E-state index contributed by atoms with van der Waals surface area (Å²) in [5, 5.41) is 3.25. The number of imidazole rings is 1. The minimum Gasteiger partial charge on any atom is -0.337 e. The third-order valence-corrected chi connectivity index (χ3v) is 6.90. The van der Waals surface area contributed by atoms with Gasteiger partial charge in [-0.25, -0.2) is 4.98 Å². The van der Waals surface area contributed by atoms with Gasteiger partial charge in [-0.3, -0.25) is 0 Å². The molecule has 4 aromatic carbocycles. The molecule has 0 aliphatic carbocycles. The van der Waals surface area contributed by atoms with Crippen LogP contribution in [0.15, 0.2) is 97.1 Å². The summed E-state index contributed by atoms with van der Waals surface area (Å²) in [5.41, 5.74) is 5.12. The van der Waals surface area contributed by atoms with Gasteiger partial charge in [0, 0.05) is 41.9 Å². The number of halogens is 1. The molecule has 0 bridgehead atoms. The molecule has 0 amide bonds. The highest BCUT2D eigenvalue weighted by Crippen LogP contribution is 2.39. The minimum atomic E-state index is 0.697. The van der Waals surface area contributed by atoms with Gasteiger partial charge in [0.2, 0.25) is 0 Å². The highest BCUT2D eigenvalue weighted by molar-refractivity contribution is 7.25. The number of nitrogens with one attached hydrogen (secondary N) is 1. The number of rotatable bonds is 3. The van der Waals surface area contributed by atoms with Crippen LogP contribution in [0.5, 0.6) is 0 Å². The van der Waals surface area contributed by atoms with E-state index < -0.39 is 0 Å². The van der Waals surface area contributed by atoms with Crippen molar-refractivity contribution in [1.29, 1.82) is 0 Å². The van der Waals surface area contributed by atoms with Crippen molar-refractivity contribution < 1.29 is 0 Å². The summed E-state index contributed by atoms with van der Waals surface area (Å²) in [6, 6.07) is 33.3. The zero-order chi connectivity index (χ0) is 20.8. The fraction of sp³-hybridized carbons (Fsp3) is 0. The first-order chi connectivity index (χ1) is 15.3. The lowest BCUT2D eigenvalue weighted by Crippen LogP contribution is -1.83. The van der Waals surface area contributed by atoms with Crippen LogP contribution in [-0.2, 0) is 0 Å². The van der Waals surface area contributed by atoms with E-state index in [1.54, 1.807) is 0 Å². The van der Waals surface area contributed by atoms with Gasteiger partial charge in [-0.05, 0) is 30.3 Å². The number of fused-ring (bicyclic) bond motifs is 3. The average molecular weight is 437 g/mol. The van der Waals surface area contributed by atoms with Gasteiger partial charge >= 0.3 is 0 Å². The van der Waals surface area contributed by atoms with Gasteiger partial charge in [-0.1, -0.05) is 78.3 Å². The van der Waals surface area contributed by atoms with Gasteiger partial charge in [0.05, 0.1) is 11.4 Å². The first-order valence-corrected chi connectivity index (χ1v) is 11.3. The summed E-state index contributed by atoms with van der Waals surface area (Å²) in [6.45, 7) is 0. The number of nitrogens with zero attached hydrogens (tertiary/aromatic N) is 1. The second-order valence-electron chi connectivity index (χ2n) is 7.49. The van der Waals surface area contributed by atoms with Crippen molar-refractivity contribution in [1.82, 2.24) is 9.97 Å². The van der Waals surface area contributed by atoms with Crippen LogP contribution in [0.4, 0.5) is 0 Å². The van der Waals surface area contributed by atoms with Crippen molar-refractivity contribution >= 4 is 43.1 Å². The van der Waals surface area contributed by atoms with Crippen molar-refractivity contribution in [3.8, 4) is 33.9 Å². The lowest BCUT2D eigenvalue weighted by atomic mass is 10.0. The first kappa shape index (κ1) is 18.4. The maximum Gasteiger partial charge on any atom is 0.138 e. The molecule has 6 aromatic rings. The van der Waals surface area contributed by atoms with Crippen LogP contribution in [0.2, 0.25) is 5.02 Å². The number of H-pyrrole nitrogens is 1. The lowest BCUT2D eigenvalue weighted by Gasteiger charge is -2.04. The van der Waals surface area contributed by atoms with Gasteiger partial charge in [-0.15, -0.1) is 11.3 Å². The third-order valence-electron chi connectivity index (χ3n) is 5.51. The summed E-state index contributed by atoms with van der Waals surface area (Å²) in [7, 11) is 0. The lowest BCUT2D eigenvalue weighted by molar-refractivity contribution is 1.31. The molecule has 0 fully saturated rings. The van der Waals surface area contributed by atoms with Gasteiger partial charge in [0.15, 0.2) is 0 Å². The van der Waals surface area contributed by atoms with Crippen LogP contribution < -0.4 is 0 Å². The zero-order valence-corrected chi connectivity index (χ0v) is 18.0. The maximum atomic E-state index is 6.24. The normalized spacial score (nSPS) is 11.4. The van der Waals surface area contributed by atoms with Crippen LogP contribution in [0, 0.1) is 0 Å². The minimum absolute atomic E-state index is 0.697. The summed E-state index contributed by atoms with van der Waals surface area (Å²) in [4.78, 5) is 8.58. The quantitative estimate of drug-likeness (QED) is 0.296. The molecule has 2 heterocycles. The largest absolute Gasteiger partial charge is 0.337 e. The average Bonchev–Trinajstić information content (AvgIpc) is 3.41. The van der Waals surface area contributed by atoms with E-state index in [4.69, 9.17) is 16.6 Å². The number of hydrogen-bond donors (Lipinski definition) is 1. The second-order valence-corrected chi connectivity index (χ2v) is 9.01. The fourth-order valence-electron chi connectivity index (χ4n) is 4.04. The Hall–Kier alpha value is -3.40. The number of aromatic nitrogens is 2. The summed E-state index contributed by atoms with van der Waals surface area (Å²) < 4.78 is 2.59. The standard InChI is InChI=1S/C27H17ClN2S/c28-20-10-6-9-19(15-20)27-29-25(17-7-2-1-3-8-17)26(30-27)18-13-14-24-22(16-18)21-11-4-5-12-23(21)31-24/h1-16H,(H,29,30). The zero-order valence-electron chi connectivity index (χ0n) is 16.5. The van der Waals surface area contributed by atoms with Crippen LogP contribution in [0.25, 0.3) is 54.1 Å². The Labute approximate surface area is 188 Å². The molecule has 6 rings (SSSR count). The molecule has 2 aromatic heterocycles. The molecule has 0 radical (unpaired) electrons. The number of benzene rings is 4. The second kappa shape index (κ2) is 7.38. The predicted molar refractivity (Wildman–Crippen MR) is 133 cm³/mol. The van der Waals surface area contributed by atoms with E-state index in [2.05, 4.69) is 71.7 Å². The van der Waals surface area contributed by atoms with Crippen LogP contribution in [-0.4, -0.2) is 9.97 Å². The molecule has 4 heteroatoms. The Morgan fingerprint density at radius 1 is 0.645 bits per heavy atom. The van der Waals surface area contributed by atoms with Gasteiger partial charge in [-0.2, -0.15) is 0 Å². The Kier molecular flexibility index (Phi) is 4.37. The SMILES string of the molecule is Clc1cccc(-c2nc(-c3ccc4sc5ccccc5c4c3)c(-c3ccccc3)[nH]2)c1. The van der Waals surface area contributed by atoms with Crippen LogP contribution in [0.1, 0.15) is 0 Å². The smallest absolute Gasteiger partial charge is 0.138 e. The fourth-order valence-corrected chi connectivity index (χ4v) is 5.32. The molecule has 0 saturated heterocycles. The van der Waals surface area contributed by atoms with Crippen LogP contribution in [0.3, 0.4) is 0 Å². The maximum absolute atomic E-state index is 6.24. The molecule has 31 heavy (non-hydrogen) atoms. The van der Waals surface area contributed by atoms with Crippen molar-refractivity contribution in [3.05, 3.63) is 102 Å². The molecule has 0 aliphatic heterocycles. The molecule has 1 N–H and O–H groups in total. The van der Waals surface area contributed by atoms with E-state index >= 15 is 0 Å². The Balaban J connectivity index is 1.59. The van der Waals surface area contributed by atoms with E-state index in [0.29, 0.717) is 5.02 Å². The summed E-state index contributed by atoms with van der Waals surface area (Å²) in [5.74, 6) is 0.812. The highest BCUT2D eigenvalue weighted by atomic mass is 35.5. The predicted octanol–water partition coefficient (Wildman–Crippen LogP) is 8.43. The van der Waals surface area contributed by atoms with E-state index in [-0.39, 0.29) is 0 Å². The molecular weight excluding hydrogens is 420 g/mol. The number of aromatic amines is 1. The van der Waals surface area contributed by atoms with Crippen LogP contribution >= 0.6 is 22.9 Å². The molecule has 148 valence electrons. The Bertz CT molecular complexity index is 1550. The van der Waals surface area contributed by atoms with Crippen molar-refractivity contribution in [3.63, 3.8) is 0 Å². The summed E-state index contributed by atoms with van der Waals surface area (Å²) >= 11 is 8.07. The van der Waals surface area contributed by atoms with Gasteiger partial charge < -0.3 is 4.98 Å². The van der Waals surface area contributed by atoms with Crippen molar-refractivity contribution in [2.45, 2.75) is 0 Å². The molecular formula is C27H17ClN2S. The van der Waals surface area contributed by atoms with Gasteiger partial charge in [0.1, 0.15) is 5.82 Å². The molecule has 0 spiro atoms. The van der Waals surface area contributed by atoms with Crippen molar-refractivity contribution in [2.24, 2.45) is 0 Å². The van der Waals surface area contributed by atoms with Gasteiger partial charge in [0.25, 0.3) is 0 Å². The molecule has 0 unspecified atom stereocenters. The van der Waals surface area contributed by atoms with E-state index in [9.17, 15) is 0 Å². The molecule has 0 atom stereocenters. The number of hydrogen-bond acceptors (Lipinski definition) is 2. The first-order valence-electron chi connectivity index (χ1n) is 10.1. The van der Waals surface area contributed by atoms with E-state index in [1.165, 1.54) is 20.2 Å². The van der Waals surface area contributed by atoms with Crippen molar-refractivity contribution in [2.75, 3.05) is 0 Å². The Morgan fingerprint density at radius 3 is 2.29 bits per heavy atom. The molecule has 2 nitrogen and oxygen atoms in total. The molecule has 0 saturated carbocycles.